The minimum Gasteiger partial charge on any atom is -0.493 e. The quantitative estimate of drug-likeness (QED) is 0.605. The monoisotopic (exact) mass is 436 g/mol. The Balaban J connectivity index is 1.66. The summed E-state index contributed by atoms with van der Waals surface area (Å²) in [6.45, 7) is 1.59. The van der Waals surface area contributed by atoms with Gasteiger partial charge in [0.25, 0.3) is 5.56 Å². The third kappa shape index (κ3) is 4.60. The van der Waals surface area contributed by atoms with Gasteiger partial charge in [0.15, 0.2) is 11.5 Å². The molecule has 4 rings (SSSR count). The molecule has 1 fully saturated rings. The number of ether oxygens (including phenoxy) is 3. The van der Waals surface area contributed by atoms with E-state index in [9.17, 15) is 4.79 Å². The van der Waals surface area contributed by atoms with Gasteiger partial charge >= 0.3 is 0 Å². The fourth-order valence-corrected chi connectivity index (χ4v) is 4.26. The van der Waals surface area contributed by atoms with E-state index in [4.69, 9.17) is 19.2 Å². The Kier molecular flexibility index (Phi) is 6.70. The Labute approximate surface area is 187 Å². The summed E-state index contributed by atoms with van der Waals surface area (Å²) in [7, 11) is 4.83. The van der Waals surface area contributed by atoms with Gasteiger partial charge in [-0.1, -0.05) is 6.42 Å². The number of pyridine rings is 1. The molecule has 3 aromatic rings. The van der Waals surface area contributed by atoms with Crippen molar-refractivity contribution in [3.8, 4) is 28.6 Å². The number of likely N-dealkylation sites (tertiary alicyclic amines) is 1. The van der Waals surface area contributed by atoms with Gasteiger partial charge in [-0.2, -0.15) is 0 Å². The Morgan fingerprint density at radius 3 is 2.53 bits per heavy atom. The normalized spacial score (nSPS) is 16.5. The molecule has 0 saturated carbocycles. The molecule has 8 heteroatoms. The van der Waals surface area contributed by atoms with Gasteiger partial charge in [0, 0.05) is 30.6 Å². The number of nitrogens with one attached hydrogen (secondary N) is 1. The van der Waals surface area contributed by atoms with Crippen molar-refractivity contribution >= 4 is 0 Å². The smallest absolute Gasteiger partial charge is 0.251 e. The molecule has 1 aliphatic heterocycles. The zero-order valence-electron chi connectivity index (χ0n) is 18.6. The van der Waals surface area contributed by atoms with Crippen molar-refractivity contribution in [1.82, 2.24) is 19.9 Å². The van der Waals surface area contributed by atoms with Crippen molar-refractivity contribution in [2.75, 3.05) is 27.9 Å². The summed E-state index contributed by atoms with van der Waals surface area (Å²) >= 11 is 0. The highest BCUT2D eigenvalue weighted by molar-refractivity contribution is 5.54. The van der Waals surface area contributed by atoms with Crippen LogP contribution in [0.3, 0.4) is 0 Å². The van der Waals surface area contributed by atoms with Crippen LogP contribution in [0.1, 0.15) is 36.6 Å². The van der Waals surface area contributed by atoms with Gasteiger partial charge in [-0.15, -0.1) is 0 Å². The zero-order valence-corrected chi connectivity index (χ0v) is 18.6. The van der Waals surface area contributed by atoms with Gasteiger partial charge in [0.2, 0.25) is 5.75 Å². The SMILES string of the molecule is COc1cc(CN2CCCC[C@H]2c2cc(=O)[nH]c(-c3cccnc3)n2)cc(OC)c1OC. The number of aromatic amines is 1. The van der Waals surface area contributed by atoms with E-state index in [2.05, 4.69) is 14.9 Å². The van der Waals surface area contributed by atoms with Gasteiger partial charge < -0.3 is 19.2 Å². The molecule has 1 aromatic carbocycles. The topological polar surface area (TPSA) is 89.6 Å². The molecule has 0 aliphatic carbocycles. The van der Waals surface area contributed by atoms with E-state index in [0.29, 0.717) is 29.6 Å². The summed E-state index contributed by atoms with van der Waals surface area (Å²) in [6.07, 6.45) is 6.53. The lowest BCUT2D eigenvalue weighted by atomic mass is 9.98. The number of nitrogens with zero attached hydrogens (tertiary/aromatic N) is 3. The first-order valence-corrected chi connectivity index (χ1v) is 10.7. The average Bonchev–Trinajstić information content (AvgIpc) is 2.83. The first kappa shape index (κ1) is 21.8. The number of piperidine rings is 1. The number of H-pyrrole nitrogens is 1. The van der Waals surface area contributed by atoms with Crippen molar-refractivity contribution in [1.29, 1.82) is 0 Å². The lowest BCUT2D eigenvalue weighted by Gasteiger charge is -2.35. The number of benzene rings is 1. The summed E-state index contributed by atoms with van der Waals surface area (Å²) in [6, 6.07) is 9.32. The summed E-state index contributed by atoms with van der Waals surface area (Å²) in [5.74, 6) is 2.37. The molecule has 168 valence electrons. The second-order valence-corrected chi connectivity index (χ2v) is 7.78. The Morgan fingerprint density at radius 1 is 1.09 bits per heavy atom. The molecule has 1 atom stereocenters. The van der Waals surface area contributed by atoms with Crippen molar-refractivity contribution in [3.05, 3.63) is 64.3 Å². The number of hydrogen-bond acceptors (Lipinski definition) is 7. The maximum Gasteiger partial charge on any atom is 0.251 e. The molecule has 0 spiro atoms. The van der Waals surface area contributed by atoms with Gasteiger partial charge in [-0.3, -0.25) is 14.7 Å². The van der Waals surface area contributed by atoms with Crippen molar-refractivity contribution in [3.63, 3.8) is 0 Å². The van der Waals surface area contributed by atoms with Crippen LogP contribution in [0.4, 0.5) is 0 Å². The fourth-order valence-electron chi connectivity index (χ4n) is 4.26. The van der Waals surface area contributed by atoms with Crippen LogP contribution in [-0.2, 0) is 6.54 Å². The highest BCUT2D eigenvalue weighted by Gasteiger charge is 2.27. The Morgan fingerprint density at radius 2 is 1.88 bits per heavy atom. The lowest BCUT2D eigenvalue weighted by Crippen LogP contribution is -2.34. The van der Waals surface area contributed by atoms with Crippen LogP contribution in [0, 0.1) is 0 Å². The minimum absolute atomic E-state index is 0.0422. The molecule has 8 nitrogen and oxygen atoms in total. The second kappa shape index (κ2) is 9.82. The number of methoxy groups -OCH3 is 3. The van der Waals surface area contributed by atoms with Crippen LogP contribution in [0.15, 0.2) is 47.5 Å². The van der Waals surface area contributed by atoms with E-state index in [1.54, 1.807) is 39.8 Å². The first-order chi connectivity index (χ1) is 15.6. The van der Waals surface area contributed by atoms with Crippen molar-refractivity contribution < 1.29 is 14.2 Å². The molecule has 1 aliphatic rings. The van der Waals surface area contributed by atoms with Crippen LogP contribution >= 0.6 is 0 Å². The summed E-state index contributed by atoms with van der Waals surface area (Å²) in [5.41, 5.74) is 2.45. The Hall–Kier alpha value is -3.39. The molecule has 0 unspecified atom stereocenters. The van der Waals surface area contributed by atoms with Gasteiger partial charge in [0.1, 0.15) is 5.82 Å². The van der Waals surface area contributed by atoms with Crippen LogP contribution in [0.5, 0.6) is 17.2 Å². The van der Waals surface area contributed by atoms with Crippen LogP contribution < -0.4 is 19.8 Å². The van der Waals surface area contributed by atoms with E-state index in [-0.39, 0.29) is 11.6 Å². The average molecular weight is 437 g/mol. The number of aromatic nitrogens is 3. The van der Waals surface area contributed by atoms with E-state index < -0.39 is 0 Å². The lowest BCUT2D eigenvalue weighted by molar-refractivity contribution is 0.137. The number of rotatable bonds is 7. The maximum atomic E-state index is 12.4. The largest absolute Gasteiger partial charge is 0.493 e. The molecule has 32 heavy (non-hydrogen) atoms. The highest BCUT2D eigenvalue weighted by Crippen LogP contribution is 2.39. The predicted molar refractivity (Wildman–Crippen MR) is 121 cm³/mol. The third-order valence-electron chi connectivity index (χ3n) is 5.76. The molecular weight excluding hydrogens is 408 g/mol. The van der Waals surface area contributed by atoms with E-state index in [0.717, 1.165) is 42.6 Å². The molecule has 0 bridgehead atoms. The maximum absolute atomic E-state index is 12.4. The molecule has 3 heterocycles. The molecule has 2 aromatic heterocycles. The van der Waals surface area contributed by atoms with Gasteiger partial charge in [0.05, 0.1) is 33.1 Å². The minimum atomic E-state index is -0.160. The zero-order chi connectivity index (χ0) is 22.5. The van der Waals surface area contributed by atoms with Crippen LogP contribution in [0.2, 0.25) is 0 Å². The standard InChI is InChI=1S/C24H28N4O4/c1-30-20-11-16(12-21(31-2)23(20)32-3)15-28-10-5-4-8-19(28)18-13-22(29)27-24(26-18)17-7-6-9-25-14-17/h6-7,9,11-14,19H,4-5,8,10,15H2,1-3H3,(H,26,27,29)/t19-/m0/s1. The van der Waals surface area contributed by atoms with Crippen molar-refractivity contribution in [2.45, 2.75) is 31.8 Å². The van der Waals surface area contributed by atoms with Crippen LogP contribution in [-0.4, -0.2) is 47.7 Å². The van der Waals surface area contributed by atoms with Crippen LogP contribution in [0.25, 0.3) is 11.4 Å². The van der Waals surface area contributed by atoms with E-state index >= 15 is 0 Å². The van der Waals surface area contributed by atoms with Gasteiger partial charge in [-0.25, -0.2) is 4.98 Å². The van der Waals surface area contributed by atoms with Crippen molar-refractivity contribution in [2.24, 2.45) is 0 Å². The predicted octanol–water partition coefficient (Wildman–Crippen LogP) is 3.58. The molecule has 0 radical (unpaired) electrons. The molecule has 0 amide bonds. The molecule has 1 N–H and O–H groups in total. The summed E-state index contributed by atoms with van der Waals surface area (Å²) in [5, 5.41) is 0. The van der Waals surface area contributed by atoms with Gasteiger partial charge in [-0.05, 0) is 49.2 Å². The third-order valence-corrected chi connectivity index (χ3v) is 5.76. The highest BCUT2D eigenvalue weighted by atomic mass is 16.5. The first-order valence-electron chi connectivity index (χ1n) is 10.7. The molecule has 1 saturated heterocycles. The molecular formula is C24H28N4O4. The van der Waals surface area contributed by atoms with E-state index in [1.807, 2.05) is 24.3 Å². The fraction of sp³-hybridized carbons (Fsp3) is 0.375. The summed E-state index contributed by atoms with van der Waals surface area (Å²) in [4.78, 5) is 26.6. The number of hydrogen-bond donors (Lipinski definition) is 1. The summed E-state index contributed by atoms with van der Waals surface area (Å²) < 4.78 is 16.5. The second-order valence-electron chi connectivity index (χ2n) is 7.78. The Bertz CT molecular complexity index is 1090. The van der Waals surface area contributed by atoms with E-state index in [1.165, 1.54) is 0 Å².